The van der Waals surface area contributed by atoms with Crippen molar-refractivity contribution in [3.8, 4) is 0 Å². The first-order valence-corrected chi connectivity index (χ1v) is 9.69. The molecule has 1 aromatic rings. The second kappa shape index (κ2) is 6.72. The van der Waals surface area contributed by atoms with E-state index in [1.165, 1.54) is 0 Å². The lowest BCUT2D eigenvalue weighted by Gasteiger charge is -2.43. The van der Waals surface area contributed by atoms with Crippen molar-refractivity contribution in [2.24, 2.45) is 5.41 Å². The zero-order chi connectivity index (χ0) is 17.4. The van der Waals surface area contributed by atoms with Crippen molar-refractivity contribution in [1.82, 2.24) is 19.9 Å². The first kappa shape index (κ1) is 17.0. The molecule has 0 atom stereocenters. The monoisotopic (exact) mass is 346 g/mol. The number of hydrogen-bond donors (Lipinski definition) is 0. The van der Waals surface area contributed by atoms with E-state index in [-0.39, 0.29) is 5.91 Å². The van der Waals surface area contributed by atoms with Gasteiger partial charge < -0.3 is 19.2 Å². The number of rotatable bonds is 4. The lowest BCUT2D eigenvalue weighted by Crippen LogP contribution is -2.51. The van der Waals surface area contributed by atoms with Gasteiger partial charge in [-0.3, -0.25) is 4.79 Å². The average Bonchev–Trinajstić information content (AvgIpc) is 3.34. The van der Waals surface area contributed by atoms with Gasteiger partial charge in [-0.05, 0) is 38.1 Å². The van der Waals surface area contributed by atoms with Crippen LogP contribution in [-0.2, 0) is 0 Å². The lowest BCUT2D eigenvalue weighted by molar-refractivity contribution is 0.0426. The van der Waals surface area contributed by atoms with Gasteiger partial charge in [-0.2, -0.15) is 0 Å². The molecular formula is C19H30N4O2. The van der Waals surface area contributed by atoms with Gasteiger partial charge in [0.2, 0.25) is 0 Å². The minimum absolute atomic E-state index is 0.0392. The van der Waals surface area contributed by atoms with Gasteiger partial charge in [0.15, 0.2) is 5.69 Å². The van der Waals surface area contributed by atoms with Crippen LogP contribution in [0.3, 0.4) is 0 Å². The van der Waals surface area contributed by atoms with Crippen LogP contribution in [0.2, 0.25) is 0 Å². The zero-order valence-corrected chi connectivity index (χ0v) is 15.5. The van der Waals surface area contributed by atoms with Crippen molar-refractivity contribution in [3.63, 3.8) is 0 Å². The topological polar surface area (TPSA) is 52.8 Å². The van der Waals surface area contributed by atoms with E-state index in [9.17, 15) is 4.79 Å². The first-order valence-electron chi connectivity index (χ1n) is 9.69. The molecule has 3 fully saturated rings. The molecule has 0 spiro atoms. The summed E-state index contributed by atoms with van der Waals surface area (Å²) in [4.78, 5) is 19.6. The third kappa shape index (κ3) is 3.90. The highest BCUT2D eigenvalue weighted by atomic mass is 16.5. The molecule has 25 heavy (non-hydrogen) atoms. The lowest BCUT2D eigenvalue weighted by atomic mass is 9.79. The Bertz CT molecular complexity index is 609. The van der Waals surface area contributed by atoms with E-state index < -0.39 is 0 Å². The number of piperidine rings is 1. The van der Waals surface area contributed by atoms with Crippen LogP contribution in [-0.4, -0.2) is 78.6 Å². The molecule has 3 heterocycles. The Morgan fingerprint density at radius 2 is 1.88 bits per heavy atom. The Kier molecular flexibility index (Phi) is 4.58. The van der Waals surface area contributed by atoms with Crippen LogP contribution in [0.15, 0.2) is 10.6 Å². The van der Waals surface area contributed by atoms with E-state index in [0.29, 0.717) is 17.0 Å². The molecule has 2 aliphatic heterocycles. The third-order valence-corrected chi connectivity index (χ3v) is 6.19. The van der Waals surface area contributed by atoms with Gasteiger partial charge in [0.05, 0.1) is 0 Å². The van der Waals surface area contributed by atoms with E-state index in [0.717, 1.165) is 77.3 Å². The van der Waals surface area contributed by atoms with Gasteiger partial charge in [0.1, 0.15) is 5.76 Å². The SMILES string of the molecule is CN1CCN(CC2(C)CCN(C(=O)c3cc(C4CC4)on3)CC2)CC1. The van der Waals surface area contributed by atoms with E-state index in [1.807, 2.05) is 11.0 Å². The molecular weight excluding hydrogens is 316 g/mol. The van der Waals surface area contributed by atoms with Crippen LogP contribution >= 0.6 is 0 Å². The molecule has 0 aromatic carbocycles. The fraction of sp³-hybridized carbons (Fsp3) is 0.789. The zero-order valence-electron chi connectivity index (χ0n) is 15.5. The summed E-state index contributed by atoms with van der Waals surface area (Å²) in [5.41, 5.74) is 0.806. The normalized spacial score (nSPS) is 25.3. The number of aromatic nitrogens is 1. The van der Waals surface area contributed by atoms with E-state index >= 15 is 0 Å². The van der Waals surface area contributed by atoms with E-state index in [4.69, 9.17) is 4.52 Å². The molecule has 4 rings (SSSR count). The largest absolute Gasteiger partial charge is 0.360 e. The number of carbonyl (C=O) groups is 1. The third-order valence-electron chi connectivity index (χ3n) is 6.19. The van der Waals surface area contributed by atoms with Crippen LogP contribution in [0.4, 0.5) is 0 Å². The highest BCUT2D eigenvalue weighted by molar-refractivity contribution is 5.92. The molecule has 1 aliphatic carbocycles. The summed E-state index contributed by atoms with van der Waals surface area (Å²) in [6, 6.07) is 1.86. The predicted octanol–water partition coefficient (Wildman–Crippen LogP) is 2.04. The predicted molar refractivity (Wildman–Crippen MR) is 95.7 cm³/mol. The summed E-state index contributed by atoms with van der Waals surface area (Å²) >= 11 is 0. The first-order chi connectivity index (χ1) is 12.0. The molecule has 1 saturated carbocycles. The van der Waals surface area contributed by atoms with Crippen molar-refractivity contribution in [1.29, 1.82) is 0 Å². The summed E-state index contributed by atoms with van der Waals surface area (Å²) in [5.74, 6) is 1.43. The van der Waals surface area contributed by atoms with Gasteiger partial charge >= 0.3 is 0 Å². The minimum Gasteiger partial charge on any atom is -0.360 e. The van der Waals surface area contributed by atoms with Crippen LogP contribution in [0.25, 0.3) is 0 Å². The number of piperazine rings is 1. The van der Waals surface area contributed by atoms with Gasteiger partial charge in [-0.15, -0.1) is 0 Å². The Labute approximate surface area is 150 Å². The molecule has 0 N–H and O–H groups in total. The number of amides is 1. The highest BCUT2D eigenvalue weighted by Gasteiger charge is 2.35. The van der Waals surface area contributed by atoms with Crippen molar-refractivity contribution in [2.45, 2.75) is 38.5 Å². The number of nitrogens with zero attached hydrogens (tertiary/aromatic N) is 4. The molecule has 0 bridgehead atoms. The van der Waals surface area contributed by atoms with Crippen LogP contribution in [0.5, 0.6) is 0 Å². The van der Waals surface area contributed by atoms with Gasteiger partial charge in [0, 0.05) is 57.8 Å². The van der Waals surface area contributed by atoms with E-state index in [1.54, 1.807) is 0 Å². The molecule has 1 aromatic heterocycles. The summed E-state index contributed by atoms with van der Waals surface area (Å²) in [6.07, 6.45) is 4.46. The molecule has 6 nitrogen and oxygen atoms in total. The van der Waals surface area contributed by atoms with Gasteiger partial charge in [0.25, 0.3) is 5.91 Å². The molecule has 138 valence electrons. The summed E-state index contributed by atoms with van der Waals surface area (Å²) < 4.78 is 5.34. The maximum atomic E-state index is 12.7. The standard InChI is InChI=1S/C19H30N4O2/c1-19(14-22-11-9-21(2)10-12-22)5-7-23(8-6-19)18(24)16-13-17(25-20-16)15-3-4-15/h13,15H,3-12,14H2,1-2H3. The van der Waals surface area contributed by atoms with Gasteiger partial charge in [-0.1, -0.05) is 12.1 Å². The van der Waals surface area contributed by atoms with Crippen molar-refractivity contribution in [2.75, 3.05) is 52.9 Å². The van der Waals surface area contributed by atoms with Crippen molar-refractivity contribution in [3.05, 3.63) is 17.5 Å². The minimum atomic E-state index is 0.0392. The maximum Gasteiger partial charge on any atom is 0.276 e. The number of hydrogen-bond acceptors (Lipinski definition) is 5. The highest BCUT2D eigenvalue weighted by Crippen LogP contribution is 2.40. The molecule has 6 heteroatoms. The summed E-state index contributed by atoms with van der Waals surface area (Å²) in [7, 11) is 2.20. The second-order valence-corrected chi connectivity index (χ2v) is 8.57. The summed E-state index contributed by atoms with van der Waals surface area (Å²) in [5, 5.41) is 4.01. The molecule has 2 saturated heterocycles. The Balaban J connectivity index is 1.30. The Hall–Kier alpha value is -1.40. The second-order valence-electron chi connectivity index (χ2n) is 8.57. The maximum absolute atomic E-state index is 12.7. The number of likely N-dealkylation sites (N-methyl/N-ethyl adjacent to an activating group) is 1. The molecule has 0 unspecified atom stereocenters. The quantitative estimate of drug-likeness (QED) is 0.835. The fourth-order valence-corrected chi connectivity index (χ4v) is 4.07. The molecule has 3 aliphatic rings. The van der Waals surface area contributed by atoms with Crippen LogP contribution < -0.4 is 0 Å². The van der Waals surface area contributed by atoms with E-state index in [2.05, 4.69) is 28.9 Å². The van der Waals surface area contributed by atoms with Crippen molar-refractivity contribution >= 4 is 5.91 Å². The Morgan fingerprint density at radius 3 is 2.52 bits per heavy atom. The molecule has 0 radical (unpaired) electrons. The number of carbonyl (C=O) groups excluding carboxylic acids is 1. The van der Waals surface area contributed by atoms with Crippen LogP contribution in [0.1, 0.15) is 54.8 Å². The van der Waals surface area contributed by atoms with Gasteiger partial charge in [-0.25, -0.2) is 0 Å². The number of likely N-dealkylation sites (tertiary alicyclic amines) is 1. The molecule has 1 amide bonds. The Morgan fingerprint density at radius 1 is 1.20 bits per heavy atom. The average molecular weight is 346 g/mol. The van der Waals surface area contributed by atoms with Crippen LogP contribution in [0, 0.1) is 5.41 Å². The van der Waals surface area contributed by atoms with Crippen molar-refractivity contribution < 1.29 is 9.32 Å². The summed E-state index contributed by atoms with van der Waals surface area (Å²) in [6.45, 7) is 9.85. The fourth-order valence-electron chi connectivity index (χ4n) is 4.07. The smallest absolute Gasteiger partial charge is 0.276 e.